The predicted octanol–water partition coefficient (Wildman–Crippen LogP) is 3.31. The molecule has 1 aromatic carbocycles. The van der Waals surface area contributed by atoms with Crippen molar-refractivity contribution in [2.24, 2.45) is 0 Å². The Labute approximate surface area is 190 Å². The van der Waals surface area contributed by atoms with Crippen LogP contribution in [0.2, 0.25) is 0 Å². The van der Waals surface area contributed by atoms with E-state index in [9.17, 15) is 27.9 Å². The van der Waals surface area contributed by atoms with Gasteiger partial charge in [0.15, 0.2) is 0 Å². The fourth-order valence-corrected chi connectivity index (χ4v) is 4.43. The molecule has 3 heterocycles. The highest BCUT2D eigenvalue weighted by molar-refractivity contribution is 5.95. The van der Waals surface area contributed by atoms with Crippen molar-refractivity contribution in [1.29, 1.82) is 0 Å². The van der Waals surface area contributed by atoms with Crippen LogP contribution in [0.25, 0.3) is 10.9 Å². The fourth-order valence-electron chi connectivity index (χ4n) is 4.43. The Hall–Kier alpha value is -3.70. The van der Waals surface area contributed by atoms with Crippen molar-refractivity contribution < 1.29 is 27.5 Å². The summed E-state index contributed by atoms with van der Waals surface area (Å²) in [6.45, 7) is 0.688. The van der Waals surface area contributed by atoms with Gasteiger partial charge in [0.1, 0.15) is 16.9 Å². The SMILES string of the molecule is O=C(O)c1cn(C2CC2)c2c(C(F)(F)F)c(N3CCN(c4ncccn4)CC3)c(F)cc2c1=O. The van der Waals surface area contributed by atoms with E-state index in [1.165, 1.54) is 9.47 Å². The summed E-state index contributed by atoms with van der Waals surface area (Å²) in [7, 11) is 0. The first-order valence-electron chi connectivity index (χ1n) is 10.7. The standard InChI is InChI=1S/C22H19F4N5O3/c23-15-10-13-17(31(12-2-3-12)11-14(19(13)32)20(33)34)16(22(24,25)26)18(15)29-6-8-30(9-7-29)21-27-4-1-5-28-21/h1,4-5,10-12H,2-3,6-9H2,(H,33,34). The Morgan fingerprint density at radius 3 is 2.24 bits per heavy atom. The molecule has 0 bridgehead atoms. The molecule has 3 aromatic rings. The summed E-state index contributed by atoms with van der Waals surface area (Å²) in [5.74, 6) is -2.36. The molecule has 34 heavy (non-hydrogen) atoms. The van der Waals surface area contributed by atoms with E-state index in [0.29, 0.717) is 18.8 Å². The maximum atomic E-state index is 15.3. The summed E-state index contributed by atoms with van der Waals surface area (Å²) in [5, 5.41) is 8.79. The molecular weight excluding hydrogens is 458 g/mol. The molecular formula is C22H19F4N5O3. The quantitative estimate of drug-likeness (QED) is 0.577. The zero-order chi connectivity index (χ0) is 24.2. The molecule has 0 radical (unpaired) electrons. The summed E-state index contributed by atoms with van der Waals surface area (Å²) in [5.41, 5.74) is -4.19. The predicted molar refractivity (Wildman–Crippen MR) is 115 cm³/mol. The van der Waals surface area contributed by atoms with Gasteiger partial charge in [0, 0.05) is 50.8 Å². The van der Waals surface area contributed by atoms with Crippen molar-refractivity contribution in [3.63, 3.8) is 0 Å². The molecule has 1 saturated carbocycles. The number of hydrogen-bond acceptors (Lipinski definition) is 6. The normalized spacial score (nSPS) is 16.8. The van der Waals surface area contributed by atoms with Crippen molar-refractivity contribution >= 4 is 28.5 Å². The number of aromatic nitrogens is 3. The van der Waals surface area contributed by atoms with Crippen LogP contribution in [0.3, 0.4) is 0 Å². The van der Waals surface area contributed by atoms with Crippen LogP contribution in [0.4, 0.5) is 29.2 Å². The number of aromatic carboxylic acids is 1. The second-order valence-corrected chi connectivity index (χ2v) is 8.31. The van der Waals surface area contributed by atoms with Crippen LogP contribution in [0.5, 0.6) is 0 Å². The monoisotopic (exact) mass is 477 g/mol. The van der Waals surface area contributed by atoms with Crippen LogP contribution in [0.1, 0.15) is 34.8 Å². The Morgan fingerprint density at radius 2 is 1.68 bits per heavy atom. The number of pyridine rings is 1. The van der Waals surface area contributed by atoms with E-state index in [1.807, 2.05) is 0 Å². The number of nitrogens with zero attached hydrogens (tertiary/aromatic N) is 5. The van der Waals surface area contributed by atoms with E-state index in [-0.39, 0.29) is 32.2 Å². The van der Waals surface area contributed by atoms with Crippen LogP contribution in [0.15, 0.2) is 35.5 Å². The maximum Gasteiger partial charge on any atom is 0.420 e. The van der Waals surface area contributed by atoms with Crippen LogP contribution in [-0.2, 0) is 6.18 Å². The molecule has 1 saturated heterocycles. The highest BCUT2D eigenvalue weighted by Gasteiger charge is 2.42. The number of rotatable bonds is 4. The minimum Gasteiger partial charge on any atom is -0.477 e. The lowest BCUT2D eigenvalue weighted by Crippen LogP contribution is -2.48. The zero-order valence-corrected chi connectivity index (χ0v) is 17.7. The van der Waals surface area contributed by atoms with Gasteiger partial charge < -0.3 is 19.5 Å². The van der Waals surface area contributed by atoms with Crippen molar-refractivity contribution in [2.45, 2.75) is 25.1 Å². The number of benzene rings is 1. The second-order valence-electron chi connectivity index (χ2n) is 8.31. The van der Waals surface area contributed by atoms with E-state index >= 15 is 4.39 Å². The number of carbonyl (C=O) groups is 1. The Balaban J connectivity index is 1.67. The van der Waals surface area contributed by atoms with E-state index < -0.39 is 51.1 Å². The summed E-state index contributed by atoms with van der Waals surface area (Å²) < 4.78 is 59.8. The lowest BCUT2D eigenvalue weighted by atomic mass is 10.0. The lowest BCUT2D eigenvalue weighted by Gasteiger charge is -2.37. The maximum absolute atomic E-state index is 15.3. The van der Waals surface area contributed by atoms with Gasteiger partial charge in [-0.3, -0.25) is 4.79 Å². The molecule has 1 aliphatic heterocycles. The summed E-state index contributed by atoms with van der Waals surface area (Å²) in [6.07, 6.45) is 0.160. The molecule has 0 atom stereocenters. The molecule has 178 valence electrons. The van der Waals surface area contributed by atoms with E-state index in [4.69, 9.17) is 0 Å². The molecule has 2 aliphatic rings. The average Bonchev–Trinajstić information content (AvgIpc) is 3.64. The highest BCUT2D eigenvalue weighted by Crippen LogP contribution is 2.46. The lowest BCUT2D eigenvalue weighted by molar-refractivity contribution is -0.136. The van der Waals surface area contributed by atoms with Crippen LogP contribution >= 0.6 is 0 Å². The average molecular weight is 477 g/mol. The van der Waals surface area contributed by atoms with Gasteiger partial charge in [0.25, 0.3) is 0 Å². The third-order valence-electron chi connectivity index (χ3n) is 6.13. The number of hydrogen-bond donors (Lipinski definition) is 1. The summed E-state index contributed by atoms with van der Waals surface area (Å²) in [6, 6.07) is 2.00. The molecule has 8 nitrogen and oxygen atoms in total. The van der Waals surface area contributed by atoms with Gasteiger partial charge in [-0.1, -0.05) is 0 Å². The Morgan fingerprint density at radius 1 is 1.06 bits per heavy atom. The van der Waals surface area contributed by atoms with Crippen molar-refractivity contribution in [1.82, 2.24) is 14.5 Å². The van der Waals surface area contributed by atoms with Gasteiger partial charge in [-0.2, -0.15) is 13.2 Å². The molecule has 1 aliphatic carbocycles. The molecule has 5 rings (SSSR count). The van der Waals surface area contributed by atoms with E-state index in [1.54, 1.807) is 23.4 Å². The van der Waals surface area contributed by atoms with Gasteiger partial charge in [-0.15, -0.1) is 0 Å². The number of carboxylic acid groups (broad SMARTS) is 1. The number of halogens is 4. The Kier molecular flexibility index (Phi) is 5.18. The first kappa shape index (κ1) is 22.1. The van der Waals surface area contributed by atoms with Gasteiger partial charge in [-0.05, 0) is 25.0 Å². The van der Waals surface area contributed by atoms with Crippen molar-refractivity contribution in [3.8, 4) is 0 Å². The first-order valence-corrected chi connectivity index (χ1v) is 10.7. The molecule has 2 aromatic heterocycles. The molecule has 12 heteroatoms. The molecule has 0 spiro atoms. The number of piperazine rings is 1. The molecule has 0 amide bonds. The largest absolute Gasteiger partial charge is 0.477 e. The van der Waals surface area contributed by atoms with Gasteiger partial charge in [0.2, 0.25) is 11.4 Å². The topological polar surface area (TPSA) is 91.6 Å². The third-order valence-corrected chi connectivity index (χ3v) is 6.13. The second kappa shape index (κ2) is 7.96. The third kappa shape index (κ3) is 3.72. The van der Waals surface area contributed by atoms with Gasteiger partial charge in [-0.25, -0.2) is 19.2 Å². The highest BCUT2D eigenvalue weighted by atomic mass is 19.4. The number of carboxylic acids is 1. The number of fused-ring (bicyclic) bond motifs is 1. The Bertz CT molecular complexity index is 1330. The van der Waals surface area contributed by atoms with Crippen LogP contribution in [0, 0.1) is 5.82 Å². The van der Waals surface area contributed by atoms with E-state index in [2.05, 4.69) is 9.97 Å². The molecule has 2 fully saturated rings. The fraction of sp³-hybridized carbons (Fsp3) is 0.364. The minimum atomic E-state index is -4.98. The molecule has 1 N–H and O–H groups in total. The van der Waals surface area contributed by atoms with E-state index in [0.717, 1.165) is 12.3 Å². The number of anilines is 2. The van der Waals surface area contributed by atoms with Crippen LogP contribution in [-0.4, -0.2) is 51.8 Å². The summed E-state index contributed by atoms with van der Waals surface area (Å²) in [4.78, 5) is 35.6. The van der Waals surface area contributed by atoms with Gasteiger partial charge in [0.05, 0.1) is 16.6 Å². The van der Waals surface area contributed by atoms with Gasteiger partial charge >= 0.3 is 12.1 Å². The zero-order valence-electron chi connectivity index (χ0n) is 17.7. The summed E-state index contributed by atoms with van der Waals surface area (Å²) >= 11 is 0. The minimum absolute atomic E-state index is 0.0740. The smallest absolute Gasteiger partial charge is 0.420 e. The van der Waals surface area contributed by atoms with Crippen molar-refractivity contribution in [2.75, 3.05) is 36.0 Å². The molecule has 0 unspecified atom stereocenters. The van der Waals surface area contributed by atoms with Crippen LogP contribution < -0.4 is 15.2 Å². The number of alkyl halides is 3. The van der Waals surface area contributed by atoms with Crippen molar-refractivity contribution in [3.05, 3.63) is 57.9 Å². The first-order chi connectivity index (χ1) is 16.2.